The number of rotatable bonds is 7. The second-order valence-electron chi connectivity index (χ2n) is 8.87. The highest BCUT2D eigenvalue weighted by atomic mass is 19.1. The SMILES string of the molecule is CN(C)c1ccc(C(=O)NC(Cc2ccc(F)cc2)C(=O)NC23CCCC2OCC3=O)cc1. The summed E-state index contributed by atoms with van der Waals surface area (Å²) in [6.45, 7) is -0.0157. The molecule has 0 radical (unpaired) electrons. The molecule has 1 saturated heterocycles. The second kappa shape index (κ2) is 9.31. The summed E-state index contributed by atoms with van der Waals surface area (Å²) in [4.78, 5) is 40.8. The first-order valence-electron chi connectivity index (χ1n) is 11.1. The Morgan fingerprint density at radius 1 is 1.15 bits per heavy atom. The van der Waals surface area contributed by atoms with Gasteiger partial charge in [-0.25, -0.2) is 4.39 Å². The standard InChI is InChI=1S/C25H28FN3O4/c1-29(2)19-11-7-17(8-12-19)23(31)27-20(14-16-5-9-18(26)10-6-16)24(32)28-25-13-3-4-22(25)33-15-21(25)30/h5-12,20,22H,3-4,13-15H2,1-2H3,(H,27,31)(H,28,32). The van der Waals surface area contributed by atoms with Crippen molar-refractivity contribution in [2.45, 2.75) is 43.4 Å². The van der Waals surface area contributed by atoms with Crippen molar-refractivity contribution in [3.8, 4) is 0 Å². The predicted octanol–water partition coefficient (Wildman–Crippen LogP) is 2.24. The third kappa shape index (κ3) is 4.75. The number of benzene rings is 2. The molecule has 0 aromatic heterocycles. The summed E-state index contributed by atoms with van der Waals surface area (Å²) in [7, 11) is 3.81. The quantitative estimate of drug-likeness (QED) is 0.672. The van der Waals surface area contributed by atoms with Crippen molar-refractivity contribution in [3.05, 3.63) is 65.5 Å². The number of fused-ring (bicyclic) bond motifs is 1. The lowest BCUT2D eigenvalue weighted by Crippen LogP contribution is -2.60. The van der Waals surface area contributed by atoms with E-state index in [0.29, 0.717) is 24.0 Å². The summed E-state index contributed by atoms with van der Waals surface area (Å²) < 4.78 is 18.9. The van der Waals surface area contributed by atoms with E-state index in [-0.39, 0.29) is 30.7 Å². The Kier molecular flexibility index (Phi) is 6.47. The van der Waals surface area contributed by atoms with Gasteiger partial charge in [0.15, 0.2) is 5.78 Å². The number of carbonyl (C=O) groups excluding carboxylic acids is 3. The summed E-state index contributed by atoms with van der Waals surface area (Å²) in [5.74, 6) is -1.38. The molecule has 2 N–H and O–H groups in total. The smallest absolute Gasteiger partial charge is 0.251 e. The van der Waals surface area contributed by atoms with Crippen LogP contribution < -0.4 is 15.5 Å². The van der Waals surface area contributed by atoms with Crippen LogP contribution in [0, 0.1) is 5.82 Å². The topological polar surface area (TPSA) is 87.7 Å². The zero-order valence-corrected chi connectivity index (χ0v) is 18.8. The van der Waals surface area contributed by atoms with Gasteiger partial charge in [0.2, 0.25) is 5.91 Å². The van der Waals surface area contributed by atoms with Gasteiger partial charge in [0.1, 0.15) is 24.0 Å². The number of nitrogens with zero attached hydrogens (tertiary/aromatic N) is 1. The van der Waals surface area contributed by atoms with E-state index < -0.39 is 23.4 Å². The molecule has 1 aliphatic carbocycles. The molecule has 33 heavy (non-hydrogen) atoms. The third-order valence-electron chi connectivity index (χ3n) is 6.47. The van der Waals surface area contributed by atoms with Crippen LogP contribution in [0.1, 0.15) is 35.2 Å². The Bertz CT molecular complexity index is 1040. The van der Waals surface area contributed by atoms with E-state index in [0.717, 1.165) is 12.1 Å². The van der Waals surface area contributed by atoms with Crippen LogP contribution in [0.25, 0.3) is 0 Å². The molecule has 1 saturated carbocycles. The first-order chi connectivity index (χ1) is 15.8. The zero-order chi connectivity index (χ0) is 23.6. The fraction of sp³-hybridized carbons (Fsp3) is 0.400. The van der Waals surface area contributed by atoms with E-state index in [1.807, 2.05) is 31.1 Å². The third-order valence-corrected chi connectivity index (χ3v) is 6.47. The van der Waals surface area contributed by atoms with Crippen LogP contribution in [0.4, 0.5) is 10.1 Å². The van der Waals surface area contributed by atoms with E-state index >= 15 is 0 Å². The number of amides is 2. The average molecular weight is 454 g/mol. The van der Waals surface area contributed by atoms with Gasteiger partial charge >= 0.3 is 0 Å². The second-order valence-corrected chi connectivity index (χ2v) is 8.87. The number of hydrogen-bond acceptors (Lipinski definition) is 5. The lowest BCUT2D eigenvalue weighted by atomic mass is 9.91. The van der Waals surface area contributed by atoms with Gasteiger partial charge < -0.3 is 20.3 Å². The van der Waals surface area contributed by atoms with Gasteiger partial charge in [-0.3, -0.25) is 14.4 Å². The average Bonchev–Trinajstić information content (AvgIpc) is 3.34. The molecule has 3 atom stereocenters. The minimum atomic E-state index is -1.03. The van der Waals surface area contributed by atoms with Crippen LogP contribution in [-0.4, -0.2) is 56.0 Å². The maximum Gasteiger partial charge on any atom is 0.251 e. The fourth-order valence-corrected chi connectivity index (χ4v) is 4.56. The van der Waals surface area contributed by atoms with Crippen LogP contribution in [0.2, 0.25) is 0 Å². The normalized spacial score (nSPS) is 22.5. The number of hydrogen-bond donors (Lipinski definition) is 2. The van der Waals surface area contributed by atoms with Crippen molar-refractivity contribution in [1.29, 1.82) is 0 Å². The number of Topliss-reactive ketones (excluding diaryl/α,β-unsaturated/α-hetero) is 1. The van der Waals surface area contributed by atoms with Crippen LogP contribution in [0.15, 0.2) is 48.5 Å². The maximum atomic E-state index is 13.4. The number of nitrogens with one attached hydrogen (secondary N) is 2. The van der Waals surface area contributed by atoms with E-state index in [2.05, 4.69) is 10.6 Å². The van der Waals surface area contributed by atoms with E-state index in [1.165, 1.54) is 12.1 Å². The van der Waals surface area contributed by atoms with Gasteiger partial charge in [0.25, 0.3) is 5.91 Å². The van der Waals surface area contributed by atoms with Crippen LogP contribution in [0.3, 0.4) is 0 Å². The molecule has 1 heterocycles. The number of carbonyl (C=O) groups is 3. The van der Waals surface area contributed by atoms with E-state index in [1.54, 1.807) is 24.3 Å². The van der Waals surface area contributed by atoms with E-state index in [9.17, 15) is 18.8 Å². The fourth-order valence-electron chi connectivity index (χ4n) is 4.56. The number of halogens is 1. The summed E-state index contributed by atoms with van der Waals surface area (Å²) in [5, 5.41) is 5.71. The van der Waals surface area contributed by atoms with Gasteiger partial charge in [-0.05, 0) is 61.2 Å². The molecule has 0 bridgehead atoms. The van der Waals surface area contributed by atoms with Crippen molar-refractivity contribution >= 4 is 23.3 Å². The number of ketones is 1. The lowest BCUT2D eigenvalue weighted by Gasteiger charge is -2.30. The van der Waals surface area contributed by atoms with Crippen molar-refractivity contribution in [1.82, 2.24) is 10.6 Å². The minimum absolute atomic E-state index is 0.0157. The van der Waals surface area contributed by atoms with Gasteiger partial charge in [-0.2, -0.15) is 0 Å². The Morgan fingerprint density at radius 3 is 2.52 bits per heavy atom. The Morgan fingerprint density at radius 2 is 1.85 bits per heavy atom. The lowest BCUT2D eigenvalue weighted by molar-refractivity contribution is -0.131. The molecule has 4 rings (SSSR count). The highest BCUT2D eigenvalue weighted by Crippen LogP contribution is 2.37. The van der Waals surface area contributed by atoms with Crippen molar-refractivity contribution in [3.63, 3.8) is 0 Å². The van der Waals surface area contributed by atoms with Crippen LogP contribution in [0.5, 0.6) is 0 Å². The number of anilines is 1. The van der Waals surface area contributed by atoms with Crippen LogP contribution in [-0.2, 0) is 20.7 Å². The molecule has 0 spiro atoms. The molecule has 2 fully saturated rings. The molecule has 3 unspecified atom stereocenters. The highest BCUT2D eigenvalue weighted by Gasteiger charge is 2.55. The Labute approximate surface area is 192 Å². The Balaban J connectivity index is 1.54. The zero-order valence-electron chi connectivity index (χ0n) is 18.8. The Hall–Kier alpha value is -3.26. The molecule has 8 heteroatoms. The van der Waals surface area contributed by atoms with Gasteiger partial charge in [0.05, 0.1) is 6.10 Å². The number of ether oxygens (including phenoxy) is 1. The molecule has 1 aliphatic heterocycles. The summed E-state index contributed by atoms with van der Waals surface area (Å²) in [6.07, 6.45) is 1.83. The van der Waals surface area contributed by atoms with Crippen LogP contribution >= 0.6 is 0 Å². The van der Waals surface area contributed by atoms with Gasteiger partial charge in [0, 0.05) is 31.8 Å². The first-order valence-corrected chi connectivity index (χ1v) is 11.1. The van der Waals surface area contributed by atoms with Gasteiger partial charge in [-0.15, -0.1) is 0 Å². The minimum Gasteiger partial charge on any atom is -0.378 e. The molecule has 174 valence electrons. The predicted molar refractivity (Wildman–Crippen MR) is 122 cm³/mol. The van der Waals surface area contributed by atoms with Crippen molar-refractivity contribution < 1.29 is 23.5 Å². The molecule has 2 aromatic carbocycles. The monoisotopic (exact) mass is 453 g/mol. The largest absolute Gasteiger partial charge is 0.378 e. The maximum absolute atomic E-state index is 13.4. The summed E-state index contributed by atoms with van der Waals surface area (Å²) in [6, 6.07) is 11.9. The highest BCUT2D eigenvalue weighted by molar-refractivity contribution is 6.00. The van der Waals surface area contributed by atoms with E-state index in [4.69, 9.17) is 4.74 Å². The molecule has 2 amide bonds. The molecule has 2 aromatic rings. The van der Waals surface area contributed by atoms with Crippen molar-refractivity contribution in [2.24, 2.45) is 0 Å². The van der Waals surface area contributed by atoms with Gasteiger partial charge in [-0.1, -0.05) is 12.1 Å². The molecule has 2 aliphatic rings. The van der Waals surface area contributed by atoms with Crippen molar-refractivity contribution in [2.75, 3.05) is 25.6 Å². The molecular weight excluding hydrogens is 425 g/mol. The molecular formula is C25H28FN3O4. The summed E-state index contributed by atoms with van der Waals surface area (Å²) in [5.41, 5.74) is 1.01. The first kappa shape index (κ1) is 22.9. The molecule has 7 nitrogen and oxygen atoms in total. The summed E-state index contributed by atoms with van der Waals surface area (Å²) >= 11 is 0.